The summed E-state index contributed by atoms with van der Waals surface area (Å²) < 4.78 is 25.1. The van der Waals surface area contributed by atoms with Crippen molar-refractivity contribution in [1.82, 2.24) is 0 Å². The summed E-state index contributed by atoms with van der Waals surface area (Å²) in [5, 5.41) is 8.55. The van der Waals surface area contributed by atoms with Crippen molar-refractivity contribution in [3.05, 3.63) is 33.8 Å². The van der Waals surface area contributed by atoms with E-state index in [0.29, 0.717) is 0 Å². The SMILES string of the molecule is OCc1ccc(F)c(Br)c1F. The van der Waals surface area contributed by atoms with Crippen molar-refractivity contribution in [1.29, 1.82) is 0 Å². The molecule has 0 saturated carbocycles. The molecule has 0 radical (unpaired) electrons. The number of halogens is 3. The van der Waals surface area contributed by atoms with Crippen molar-refractivity contribution in [3.63, 3.8) is 0 Å². The minimum absolute atomic E-state index is 0.0817. The van der Waals surface area contributed by atoms with Crippen molar-refractivity contribution >= 4 is 15.9 Å². The highest BCUT2D eigenvalue weighted by Crippen LogP contribution is 2.22. The Labute approximate surface area is 70.8 Å². The Hall–Kier alpha value is -0.480. The molecule has 1 rings (SSSR count). The maximum atomic E-state index is 12.8. The molecule has 0 aliphatic heterocycles. The van der Waals surface area contributed by atoms with E-state index in [1.807, 2.05) is 0 Å². The zero-order chi connectivity index (χ0) is 8.43. The molecule has 0 atom stereocenters. The Morgan fingerprint density at radius 3 is 2.55 bits per heavy atom. The molecule has 60 valence electrons. The summed E-state index contributed by atoms with van der Waals surface area (Å²) >= 11 is 2.71. The lowest BCUT2D eigenvalue weighted by Gasteiger charge is -2.00. The predicted octanol–water partition coefficient (Wildman–Crippen LogP) is 2.22. The monoisotopic (exact) mass is 222 g/mol. The summed E-state index contributed by atoms with van der Waals surface area (Å²) in [6.07, 6.45) is 0. The van der Waals surface area contributed by atoms with Gasteiger partial charge in [0.25, 0.3) is 0 Å². The van der Waals surface area contributed by atoms with E-state index >= 15 is 0 Å². The molecule has 0 aliphatic carbocycles. The third kappa shape index (κ3) is 1.57. The van der Waals surface area contributed by atoms with Crippen LogP contribution in [-0.4, -0.2) is 5.11 Å². The van der Waals surface area contributed by atoms with Gasteiger partial charge in [0.05, 0.1) is 11.1 Å². The Morgan fingerprint density at radius 1 is 1.36 bits per heavy atom. The average Bonchev–Trinajstić information content (AvgIpc) is 2.01. The molecule has 0 aliphatic rings. The first kappa shape index (κ1) is 8.62. The number of benzene rings is 1. The van der Waals surface area contributed by atoms with Gasteiger partial charge in [-0.15, -0.1) is 0 Å². The maximum Gasteiger partial charge on any atom is 0.145 e. The molecule has 0 aromatic heterocycles. The van der Waals surface area contributed by atoms with Crippen molar-refractivity contribution in [3.8, 4) is 0 Å². The zero-order valence-electron chi connectivity index (χ0n) is 5.44. The van der Waals surface area contributed by atoms with Gasteiger partial charge in [-0.2, -0.15) is 0 Å². The van der Waals surface area contributed by atoms with Crippen LogP contribution in [0.4, 0.5) is 8.78 Å². The third-order valence-corrected chi connectivity index (χ3v) is 2.01. The molecule has 11 heavy (non-hydrogen) atoms. The lowest BCUT2D eigenvalue weighted by Crippen LogP contribution is -1.92. The molecular weight excluding hydrogens is 218 g/mol. The highest BCUT2D eigenvalue weighted by molar-refractivity contribution is 9.10. The van der Waals surface area contributed by atoms with Crippen LogP contribution in [0, 0.1) is 11.6 Å². The summed E-state index contributed by atoms with van der Waals surface area (Å²) in [5.41, 5.74) is 0.0817. The topological polar surface area (TPSA) is 20.2 Å². The Kier molecular flexibility index (Phi) is 2.57. The minimum Gasteiger partial charge on any atom is -0.392 e. The van der Waals surface area contributed by atoms with Gasteiger partial charge in [0, 0.05) is 5.56 Å². The van der Waals surface area contributed by atoms with Gasteiger partial charge in [-0.1, -0.05) is 6.07 Å². The number of rotatable bonds is 1. The molecule has 1 N–H and O–H groups in total. The smallest absolute Gasteiger partial charge is 0.145 e. The second kappa shape index (κ2) is 3.28. The third-order valence-electron chi connectivity index (χ3n) is 1.29. The highest BCUT2D eigenvalue weighted by Gasteiger charge is 2.09. The molecule has 1 nitrogen and oxygen atoms in total. The second-order valence-corrected chi connectivity index (χ2v) is 2.79. The first-order valence-electron chi connectivity index (χ1n) is 2.90. The molecule has 0 bridgehead atoms. The van der Waals surface area contributed by atoms with Crippen molar-refractivity contribution in [2.75, 3.05) is 0 Å². The van der Waals surface area contributed by atoms with E-state index in [1.165, 1.54) is 6.07 Å². The fourth-order valence-electron chi connectivity index (χ4n) is 0.688. The fourth-order valence-corrected chi connectivity index (χ4v) is 1.07. The van der Waals surface area contributed by atoms with Gasteiger partial charge in [0.2, 0.25) is 0 Å². The van der Waals surface area contributed by atoms with Crippen molar-refractivity contribution in [2.24, 2.45) is 0 Å². The molecule has 0 amide bonds. The first-order chi connectivity index (χ1) is 5.16. The molecule has 0 heterocycles. The summed E-state index contributed by atoms with van der Waals surface area (Å²) in [4.78, 5) is 0. The normalized spacial score (nSPS) is 10.2. The van der Waals surface area contributed by atoms with E-state index < -0.39 is 18.2 Å². The van der Waals surface area contributed by atoms with Gasteiger partial charge >= 0.3 is 0 Å². The van der Waals surface area contributed by atoms with Gasteiger partial charge in [-0.3, -0.25) is 0 Å². The summed E-state index contributed by atoms with van der Waals surface area (Å²) in [7, 11) is 0. The molecule has 0 unspecified atom stereocenters. The molecule has 0 fully saturated rings. The first-order valence-corrected chi connectivity index (χ1v) is 3.69. The molecule has 1 aromatic carbocycles. The Morgan fingerprint density at radius 2 is 2.00 bits per heavy atom. The summed E-state index contributed by atoms with van der Waals surface area (Å²) in [6.45, 7) is -0.426. The largest absolute Gasteiger partial charge is 0.392 e. The highest BCUT2D eigenvalue weighted by atomic mass is 79.9. The van der Waals surface area contributed by atoms with Crippen LogP contribution in [0.25, 0.3) is 0 Å². The number of aliphatic hydroxyl groups is 1. The fraction of sp³-hybridized carbons (Fsp3) is 0.143. The van der Waals surface area contributed by atoms with Crippen molar-refractivity contribution < 1.29 is 13.9 Å². The maximum absolute atomic E-state index is 12.8. The van der Waals surface area contributed by atoms with E-state index in [2.05, 4.69) is 15.9 Å². The average molecular weight is 223 g/mol. The van der Waals surface area contributed by atoms with Crippen LogP contribution in [-0.2, 0) is 6.61 Å². The number of aliphatic hydroxyl groups excluding tert-OH is 1. The molecule has 4 heteroatoms. The van der Waals surface area contributed by atoms with Gasteiger partial charge in [-0.25, -0.2) is 8.78 Å². The minimum atomic E-state index is -0.743. The quantitative estimate of drug-likeness (QED) is 0.723. The van der Waals surface area contributed by atoms with Gasteiger partial charge < -0.3 is 5.11 Å². The number of hydrogen-bond acceptors (Lipinski definition) is 1. The van der Waals surface area contributed by atoms with Crippen LogP contribution in [0.2, 0.25) is 0 Å². The van der Waals surface area contributed by atoms with Crippen LogP contribution >= 0.6 is 15.9 Å². The van der Waals surface area contributed by atoms with E-state index in [0.717, 1.165) is 6.07 Å². The van der Waals surface area contributed by atoms with E-state index in [1.54, 1.807) is 0 Å². The van der Waals surface area contributed by atoms with Crippen LogP contribution < -0.4 is 0 Å². The van der Waals surface area contributed by atoms with Crippen LogP contribution in [0.1, 0.15) is 5.56 Å². The number of hydrogen-bond donors (Lipinski definition) is 1. The predicted molar refractivity (Wildman–Crippen MR) is 40.0 cm³/mol. The van der Waals surface area contributed by atoms with Crippen LogP contribution in [0.15, 0.2) is 16.6 Å². The Bertz CT molecular complexity index is 275. The van der Waals surface area contributed by atoms with E-state index in [9.17, 15) is 8.78 Å². The zero-order valence-corrected chi connectivity index (χ0v) is 7.03. The van der Waals surface area contributed by atoms with Gasteiger partial charge in [-0.05, 0) is 22.0 Å². The van der Waals surface area contributed by atoms with E-state index in [4.69, 9.17) is 5.11 Å². The lowest BCUT2D eigenvalue weighted by molar-refractivity contribution is 0.275. The molecule has 1 aromatic rings. The van der Waals surface area contributed by atoms with Crippen LogP contribution in [0.3, 0.4) is 0 Å². The molecular formula is C7H5BrF2O. The van der Waals surface area contributed by atoms with Crippen molar-refractivity contribution in [2.45, 2.75) is 6.61 Å². The van der Waals surface area contributed by atoms with Gasteiger partial charge in [0.15, 0.2) is 0 Å². The van der Waals surface area contributed by atoms with Crippen LogP contribution in [0.5, 0.6) is 0 Å². The molecule has 0 spiro atoms. The lowest BCUT2D eigenvalue weighted by atomic mass is 10.2. The molecule has 0 saturated heterocycles. The standard InChI is InChI=1S/C7H5BrF2O/c8-6-5(9)2-1-4(3-11)7(6)10/h1-2,11H,3H2. The second-order valence-electron chi connectivity index (χ2n) is 1.99. The van der Waals surface area contributed by atoms with Gasteiger partial charge in [0.1, 0.15) is 11.6 Å². The summed E-state index contributed by atoms with van der Waals surface area (Å²) in [5.74, 6) is -1.41. The summed E-state index contributed by atoms with van der Waals surface area (Å²) in [6, 6.07) is 2.30. The van der Waals surface area contributed by atoms with E-state index in [-0.39, 0.29) is 10.0 Å². The Balaban J connectivity index is 3.25.